The maximum atomic E-state index is 12.3. The minimum atomic E-state index is -0.176. The first kappa shape index (κ1) is 18.5. The van der Waals surface area contributed by atoms with E-state index in [1.165, 1.54) is 0 Å². The predicted octanol–water partition coefficient (Wildman–Crippen LogP) is 4.98. The van der Waals surface area contributed by atoms with Gasteiger partial charge in [-0.3, -0.25) is 9.48 Å². The Labute approximate surface area is 165 Å². The first-order valence-electron chi connectivity index (χ1n) is 7.91. The van der Waals surface area contributed by atoms with E-state index in [1.54, 1.807) is 29.1 Å². The number of aromatic nitrogens is 2. The number of rotatable bonds is 5. The summed E-state index contributed by atoms with van der Waals surface area (Å²) < 4.78 is 8.29. The molecule has 134 valence electrons. The van der Waals surface area contributed by atoms with E-state index in [4.69, 9.17) is 16.3 Å². The van der Waals surface area contributed by atoms with Gasteiger partial charge in [-0.15, -0.1) is 0 Å². The smallest absolute Gasteiger partial charge is 0.255 e. The van der Waals surface area contributed by atoms with Crippen LogP contribution in [0.5, 0.6) is 5.75 Å². The first-order valence-corrected chi connectivity index (χ1v) is 9.08. The number of anilines is 1. The minimum absolute atomic E-state index is 0.176. The van der Waals surface area contributed by atoms with Crippen molar-refractivity contribution in [2.75, 3.05) is 5.32 Å². The molecule has 1 aromatic heterocycles. The molecule has 0 aliphatic carbocycles. The van der Waals surface area contributed by atoms with Crippen LogP contribution < -0.4 is 10.1 Å². The third-order valence-corrected chi connectivity index (χ3v) is 4.55. The molecule has 26 heavy (non-hydrogen) atoms. The second kappa shape index (κ2) is 7.93. The van der Waals surface area contributed by atoms with E-state index in [1.807, 2.05) is 38.2 Å². The molecule has 2 aromatic carbocycles. The molecule has 0 aliphatic heterocycles. The van der Waals surface area contributed by atoms with Crippen LogP contribution in [0.1, 0.15) is 21.6 Å². The van der Waals surface area contributed by atoms with Gasteiger partial charge in [0, 0.05) is 23.3 Å². The number of nitrogens with one attached hydrogen (secondary N) is 1. The van der Waals surface area contributed by atoms with Crippen molar-refractivity contribution >= 4 is 39.1 Å². The van der Waals surface area contributed by atoms with Crippen LogP contribution in [0.3, 0.4) is 0 Å². The van der Waals surface area contributed by atoms with Crippen LogP contribution in [0.4, 0.5) is 5.69 Å². The molecule has 7 heteroatoms. The van der Waals surface area contributed by atoms with Crippen molar-refractivity contribution in [2.45, 2.75) is 13.5 Å². The molecule has 0 saturated carbocycles. The highest BCUT2D eigenvalue weighted by atomic mass is 79.9. The summed E-state index contributed by atoms with van der Waals surface area (Å²) in [5, 5.41) is 7.61. The fourth-order valence-corrected chi connectivity index (χ4v) is 3.15. The van der Waals surface area contributed by atoms with Gasteiger partial charge < -0.3 is 10.1 Å². The molecular formula is C19H17BrClN3O2. The highest BCUT2D eigenvalue weighted by molar-refractivity contribution is 9.10. The summed E-state index contributed by atoms with van der Waals surface area (Å²) in [6.45, 7) is 2.22. The van der Waals surface area contributed by atoms with E-state index in [0.717, 1.165) is 15.7 Å². The molecule has 0 spiro atoms. The quantitative estimate of drug-likeness (QED) is 0.616. The van der Waals surface area contributed by atoms with Gasteiger partial charge in [-0.25, -0.2) is 0 Å². The van der Waals surface area contributed by atoms with E-state index in [9.17, 15) is 4.79 Å². The SMILES string of the molecule is Cc1nn(C)cc1NC(=O)c1ccc(COc2ccc(Br)cc2Cl)cc1. The van der Waals surface area contributed by atoms with Gasteiger partial charge in [-0.1, -0.05) is 39.7 Å². The van der Waals surface area contributed by atoms with Crippen LogP contribution in [0, 0.1) is 6.92 Å². The Morgan fingerprint density at radius 1 is 1.27 bits per heavy atom. The summed E-state index contributed by atoms with van der Waals surface area (Å²) in [7, 11) is 1.81. The minimum Gasteiger partial charge on any atom is -0.487 e. The lowest BCUT2D eigenvalue weighted by molar-refractivity contribution is 0.102. The molecule has 0 unspecified atom stereocenters. The Balaban J connectivity index is 1.62. The zero-order valence-electron chi connectivity index (χ0n) is 14.3. The number of hydrogen-bond donors (Lipinski definition) is 1. The number of hydrogen-bond acceptors (Lipinski definition) is 3. The van der Waals surface area contributed by atoms with Crippen molar-refractivity contribution in [3.05, 3.63) is 75.0 Å². The summed E-state index contributed by atoms with van der Waals surface area (Å²) in [5.41, 5.74) is 2.99. The Hall–Kier alpha value is -2.31. The van der Waals surface area contributed by atoms with Crippen molar-refractivity contribution in [1.82, 2.24) is 9.78 Å². The summed E-state index contributed by atoms with van der Waals surface area (Å²) >= 11 is 9.50. The van der Waals surface area contributed by atoms with Gasteiger partial charge in [0.15, 0.2) is 0 Å². The molecule has 0 saturated heterocycles. The number of carbonyl (C=O) groups excluding carboxylic acids is 1. The van der Waals surface area contributed by atoms with E-state index >= 15 is 0 Å². The number of ether oxygens (including phenoxy) is 1. The standard InChI is InChI=1S/C19H17BrClN3O2/c1-12-17(10-24(2)23-12)22-19(25)14-5-3-13(4-6-14)11-26-18-8-7-15(20)9-16(18)21/h3-10H,11H2,1-2H3,(H,22,25). The summed E-state index contributed by atoms with van der Waals surface area (Å²) in [6.07, 6.45) is 1.78. The average Bonchev–Trinajstić information content (AvgIpc) is 2.91. The van der Waals surface area contributed by atoms with Gasteiger partial charge in [0.05, 0.1) is 16.4 Å². The van der Waals surface area contributed by atoms with Crippen molar-refractivity contribution in [3.63, 3.8) is 0 Å². The van der Waals surface area contributed by atoms with E-state index in [-0.39, 0.29) is 5.91 Å². The number of nitrogens with zero attached hydrogens (tertiary/aromatic N) is 2. The van der Waals surface area contributed by atoms with E-state index < -0.39 is 0 Å². The second-order valence-electron chi connectivity index (χ2n) is 5.82. The molecule has 0 fully saturated rings. The van der Waals surface area contributed by atoms with Crippen LogP contribution in [0.2, 0.25) is 5.02 Å². The van der Waals surface area contributed by atoms with Gasteiger partial charge in [-0.2, -0.15) is 5.10 Å². The van der Waals surface area contributed by atoms with Crippen LogP contribution in [-0.4, -0.2) is 15.7 Å². The van der Waals surface area contributed by atoms with Crippen LogP contribution in [0.25, 0.3) is 0 Å². The molecule has 1 amide bonds. The Morgan fingerprint density at radius 3 is 2.62 bits per heavy atom. The summed E-state index contributed by atoms with van der Waals surface area (Å²) in [6, 6.07) is 12.7. The molecule has 0 atom stereocenters. The van der Waals surface area contributed by atoms with Crippen LogP contribution in [-0.2, 0) is 13.7 Å². The predicted molar refractivity (Wildman–Crippen MR) is 106 cm³/mol. The highest BCUT2D eigenvalue weighted by Crippen LogP contribution is 2.28. The van der Waals surface area contributed by atoms with Crippen LogP contribution in [0.15, 0.2) is 53.1 Å². The molecular weight excluding hydrogens is 418 g/mol. The second-order valence-corrected chi connectivity index (χ2v) is 7.14. The fourth-order valence-electron chi connectivity index (χ4n) is 2.42. The number of halogens is 2. The first-order chi connectivity index (χ1) is 12.4. The fraction of sp³-hybridized carbons (Fsp3) is 0.158. The lowest BCUT2D eigenvalue weighted by Crippen LogP contribution is -2.12. The molecule has 3 aromatic rings. The normalized spacial score (nSPS) is 10.6. The summed E-state index contributed by atoms with van der Waals surface area (Å²) in [4.78, 5) is 12.3. The van der Waals surface area contributed by atoms with Crippen molar-refractivity contribution in [1.29, 1.82) is 0 Å². The zero-order chi connectivity index (χ0) is 18.7. The number of benzene rings is 2. The maximum absolute atomic E-state index is 12.3. The third-order valence-electron chi connectivity index (χ3n) is 3.77. The zero-order valence-corrected chi connectivity index (χ0v) is 16.6. The maximum Gasteiger partial charge on any atom is 0.255 e. The lowest BCUT2D eigenvalue weighted by Gasteiger charge is -2.09. The average molecular weight is 435 g/mol. The van der Waals surface area contributed by atoms with Crippen molar-refractivity contribution < 1.29 is 9.53 Å². The number of carbonyl (C=O) groups is 1. The number of aryl methyl sites for hydroxylation is 2. The van der Waals surface area contributed by atoms with E-state index in [2.05, 4.69) is 26.3 Å². The van der Waals surface area contributed by atoms with Crippen molar-refractivity contribution in [3.8, 4) is 5.75 Å². The number of amides is 1. The van der Waals surface area contributed by atoms with Gasteiger partial charge in [0.2, 0.25) is 0 Å². The molecule has 1 N–H and O–H groups in total. The van der Waals surface area contributed by atoms with Gasteiger partial charge in [0.1, 0.15) is 12.4 Å². The van der Waals surface area contributed by atoms with Crippen molar-refractivity contribution in [2.24, 2.45) is 7.05 Å². The Bertz CT molecular complexity index is 938. The van der Waals surface area contributed by atoms with Gasteiger partial charge >= 0.3 is 0 Å². The lowest BCUT2D eigenvalue weighted by atomic mass is 10.1. The largest absolute Gasteiger partial charge is 0.487 e. The molecule has 3 rings (SSSR count). The third kappa shape index (κ3) is 4.45. The molecule has 0 aliphatic rings. The van der Waals surface area contributed by atoms with Gasteiger partial charge in [-0.05, 0) is 42.8 Å². The topological polar surface area (TPSA) is 56.2 Å². The van der Waals surface area contributed by atoms with E-state index in [0.29, 0.717) is 28.6 Å². The van der Waals surface area contributed by atoms with Crippen LogP contribution >= 0.6 is 27.5 Å². The molecule has 5 nitrogen and oxygen atoms in total. The Kier molecular flexibility index (Phi) is 5.64. The molecule has 0 radical (unpaired) electrons. The monoisotopic (exact) mass is 433 g/mol. The molecule has 0 bridgehead atoms. The highest BCUT2D eigenvalue weighted by Gasteiger charge is 2.10. The molecule has 1 heterocycles. The van der Waals surface area contributed by atoms with Gasteiger partial charge in [0.25, 0.3) is 5.91 Å². The Morgan fingerprint density at radius 2 is 2.00 bits per heavy atom. The summed E-state index contributed by atoms with van der Waals surface area (Å²) in [5.74, 6) is 0.438.